The van der Waals surface area contributed by atoms with Crippen molar-refractivity contribution in [2.75, 3.05) is 12.1 Å². The van der Waals surface area contributed by atoms with Crippen LogP contribution in [0.2, 0.25) is 0 Å². The lowest BCUT2D eigenvalue weighted by Gasteiger charge is -2.16. The second kappa shape index (κ2) is 6.68. The maximum Gasteiger partial charge on any atom is 0.0234 e. The Morgan fingerprint density at radius 1 is 1.40 bits per heavy atom. The Labute approximate surface area is 76.9 Å². The predicted octanol–water partition coefficient (Wildman–Crippen LogP) is 3.65. The third-order valence-electron chi connectivity index (χ3n) is 1.36. The molecule has 10 heavy (non-hydrogen) atoms. The van der Waals surface area contributed by atoms with Crippen LogP contribution < -0.4 is 0 Å². The van der Waals surface area contributed by atoms with E-state index in [1.165, 1.54) is 0 Å². The van der Waals surface area contributed by atoms with E-state index in [-0.39, 0.29) is 0 Å². The molecule has 0 unspecified atom stereocenters. The van der Waals surface area contributed by atoms with E-state index >= 15 is 0 Å². The number of hydrogen-bond donors (Lipinski definition) is 0. The lowest BCUT2D eigenvalue weighted by Crippen LogP contribution is -2.10. The van der Waals surface area contributed by atoms with E-state index in [0.717, 1.165) is 23.5 Å². The molecular formula is C7H15ClS2. The van der Waals surface area contributed by atoms with E-state index < -0.39 is 0 Å². The van der Waals surface area contributed by atoms with Crippen LogP contribution in [0.15, 0.2) is 0 Å². The molecule has 0 bridgehead atoms. The van der Waals surface area contributed by atoms with E-state index in [0.29, 0.717) is 0 Å². The molecule has 0 aliphatic heterocycles. The second-order valence-electron chi connectivity index (χ2n) is 2.52. The van der Waals surface area contributed by atoms with E-state index in [4.69, 9.17) is 11.6 Å². The lowest BCUT2D eigenvalue weighted by molar-refractivity contribution is 0.598. The first-order valence-corrected chi connectivity index (χ1v) is 6.63. The van der Waals surface area contributed by atoms with Gasteiger partial charge in [-0.05, 0) is 18.6 Å². The molecule has 0 saturated carbocycles. The first-order chi connectivity index (χ1) is 4.72. The lowest BCUT2D eigenvalue weighted by atomic mass is 10.1. The molecule has 0 rings (SSSR count). The molecule has 0 N–H and O–H groups in total. The fraction of sp³-hybridized carbons (Fsp3) is 1.00. The minimum atomic E-state index is 0.729. The van der Waals surface area contributed by atoms with Crippen molar-refractivity contribution in [3.8, 4) is 0 Å². The van der Waals surface area contributed by atoms with Gasteiger partial charge in [0, 0.05) is 11.1 Å². The normalized spacial score (nSPS) is 14.1. The van der Waals surface area contributed by atoms with Crippen molar-refractivity contribution >= 4 is 33.2 Å². The molecule has 0 aromatic rings. The van der Waals surface area contributed by atoms with Crippen molar-refractivity contribution in [1.29, 1.82) is 0 Å². The van der Waals surface area contributed by atoms with Crippen molar-refractivity contribution in [3.63, 3.8) is 0 Å². The van der Waals surface area contributed by atoms with Crippen molar-refractivity contribution < 1.29 is 0 Å². The van der Waals surface area contributed by atoms with Crippen molar-refractivity contribution in [2.24, 2.45) is 5.92 Å². The standard InChI is InChI=1S/C7H15ClS2/c1-6(2)7(4-5-8)10-9-3/h6-7H,4-5H2,1-3H3/t7-/m1/s1. The largest absolute Gasteiger partial charge is 0.127 e. The quantitative estimate of drug-likeness (QED) is 0.489. The number of rotatable bonds is 5. The molecule has 0 fully saturated rings. The molecule has 0 heterocycles. The average Bonchev–Trinajstić information content (AvgIpc) is 1.87. The number of hydrogen-bond acceptors (Lipinski definition) is 2. The summed E-state index contributed by atoms with van der Waals surface area (Å²) in [6, 6.07) is 0. The van der Waals surface area contributed by atoms with E-state index in [2.05, 4.69) is 20.1 Å². The Balaban J connectivity index is 3.50. The second-order valence-corrected chi connectivity index (χ2v) is 5.61. The molecule has 0 aromatic carbocycles. The van der Waals surface area contributed by atoms with Crippen LogP contribution >= 0.6 is 33.2 Å². The van der Waals surface area contributed by atoms with Gasteiger partial charge in [-0.1, -0.05) is 35.4 Å². The van der Waals surface area contributed by atoms with Crippen LogP contribution in [0.4, 0.5) is 0 Å². The van der Waals surface area contributed by atoms with Crippen molar-refractivity contribution in [3.05, 3.63) is 0 Å². The number of alkyl halides is 1. The molecule has 0 aliphatic rings. The summed E-state index contributed by atoms with van der Waals surface area (Å²) in [7, 11) is 3.78. The van der Waals surface area contributed by atoms with Gasteiger partial charge in [-0.2, -0.15) is 0 Å². The minimum Gasteiger partial charge on any atom is -0.127 e. The number of halogens is 1. The van der Waals surface area contributed by atoms with Gasteiger partial charge in [0.2, 0.25) is 0 Å². The summed E-state index contributed by atoms with van der Waals surface area (Å²) >= 11 is 5.65. The molecule has 3 heteroatoms. The van der Waals surface area contributed by atoms with Gasteiger partial charge in [0.1, 0.15) is 0 Å². The molecule has 0 radical (unpaired) electrons. The van der Waals surface area contributed by atoms with Gasteiger partial charge in [0.25, 0.3) is 0 Å². The zero-order valence-electron chi connectivity index (χ0n) is 6.76. The maximum atomic E-state index is 5.65. The highest BCUT2D eigenvalue weighted by atomic mass is 35.5. The summed E-state index contributed by atoms with van der Waals surface area (Å²) in [4.78, 5) is 0. The van der Waals surface area contributed by atoms with Crippen LogP contribution in [0.25, 0.3) is 0 Å². The summed E-state index contributed by atoms with van der Waals surface area (Å²) in [6.07, 6.45) is 3.25. The van der Waals surface area contributed by atoms with E-state index in [1.807, 2.05) is 21.6 Å². The van der Waals surface area contributed by atoms with Gasteiger partial charge < -0.3 is 0 Å². The van der Waals surface area contributed by atoms with E-state index in [1.54, 1.807) is 0 Å². The zero-order chi connectivity index (χ0) is 7.98. The summed E-state index contributed by atoms with van der Waals surface area (Å²) in [6.45, 7) is 4.50. The van der Waals surface area contributed by atoms with Crippen LogP contribution in [0.3, 0.4) is 0 Å². The molecule has 62 valence electrons. The fourth-order valence-electron chi connectivity index (χ4n) is 0.724. The van der Waals surface area contributed by atoms with Crippen LogP contribution in [-0.4, -0.2) is 17.4 Å². The smallest absolute Gasteiger partial charge is 0.0234 e. The van der Waals surface area contributed by atoms with Crippen LogP contribution in [0.5, 0.6) is 0 Å². The van der Waals surface area contributed by atoms with Crippen LogP contribution in [0.1, 0.15) is 20.3 Å². The molecule has 0 nitrogen and oxygen atoms in total. The van der Waals surface area contributed by atoms with Crippen LogP contribution in [0, 0.1) is 5.92 Å². The molecule has 1 atom stereocenters. The Hall–Kier alpha value is 0.990. The summed E-state index contributed by atoms with van der Waals surface area (Å²) in [5.41, 5.74) is 0. The van der Waals surface area contributed by atoms with Gasteiger partial charge in [-0.25, -0.2) is 0 Å². The Morgan fingerprint density at radius 3 is 2.30 bits per heavy atom. The summed E-state index contributed by atoms with van der Waals surface area (Å²) < 4.78 is 0. The summed E-state index contributed by atoms with van der Waals surface area (Å²) in [5, 5.41) is 0.729. The third-order valence-corrected chi connectivity index (χ3v) is 4.11. The molecule has 0 aliphatic carbocycles. The highest BCUT2D eigenvalue weighted by Gasteiger charge is 2.11. The molecule has 0 aromatic heterocycles. The van der Waals surface area contributed by atoms with Gasteiger partial charge in [0.05, 0.1) is 0 Å². The predicted molar refractivity (Wildman–Crippen MR) is 55.1 cm³/mol. The summed E-state index contributed by atoms with van der Waals surface area (Å²) in [5.74, 6) is 1.53. The van der Waals surface area contributed by atoms with Crippen molar-refractivity contribution in [1.82, 2.24) is 0 Å². The zero-order valence-corrected chi connectivity index (χ0v) is 9.15. The Bertz CT molecular complexity index is 70.0. The van der Waals surface area contributed by atoms with Crippen LogP contribution in [-0.2, 0) is 0 Å². The third kappa shape index (κ3) is 4.75. The Morgan fingerprint density at radius 2 is 2.00 bits per heavy atom. The van der Waals surface area contributed by atoms with Gasteiger partial charge in [-0.15, -0.1) is 11.6 Å². The first-order valence-electron chi connectivity index (χ1n) is 3.47. The monoisotopic (exact) mass is 198 g/mol. The molecule has 0 amide bonds. The maximum absolute atomic E-state index is 5.65. The SMILES string of the molecule is CSS[C@H](CCCl)C(C)C. The molecule has 0 saturated heterocycles. The van der Waals surface area contributed by atoms with Gasteiger partial charge in [0.15, 0.2) is 0 Å². The fourth-order valence-corrected chi connectivity index (χ4v) is 3.47. The van der Waals surface area contributed by atoms with Gasteiger partial charge >= 0.3 is 0 Å². The molecular weight excluding hydrogens is 184 g/mol. The first kappa shape index (κ1) is 11.0. The minimum absolute atomic E-state index is 0.729. The van der Waals surface area contributed by atoms with E-state index in [9.17, 15) is 0 Å². The average molecular weight is 199 g/mol. The molecule has 0 spiro atoms. The highest BCUT2D eigenvalue weighted by Crippen LogP contribution is 2.31. The van der Waals surface area contributed by atoms with Gasteiger partial charge in [-0.3, -0.25) is 0 Å². The highest BCUT2D eigenvalue weighted by molar-refractivity contribution is 8.76. The topological polar surface area (TPSA) is 0 Å². The Kier molecular flexibility index (Phi) is 7.35. The van der Waals surface area contributed by atoms with Crippen molar-refractivity contribution in [2.45, 2.75) is 25.5 Å².